The summed E-state index contributed by atoms with van der Waals surface area (Å²) in [6, 6.07) is 26.9. The minimum absolute atomic E-state index is 0.00987. The predicted molar refractivity (Wildman–Crippen MR) is 189 cm³/mol. The average molecular weight is 746 g/mol. The van der Waals surface area contributed by atoms with Crippen LogP contribution >= 0.6 is 39.1 Å². The minimum atomic E-state index is -4.31. The molecule has 0 fully saturated rings. The van der Waals surface area contributed by atoms with E-state index in [2.05, 4.69) is 21.2 Å². The van der Waals surface area contributed by atoms with E-state index in [1.54, 1.807) is 24.3 Å². The molecular formula is C35H36BrCl2N3O4S. The van der Waals surface area contributed by atoms with E-state index in [1.165, 1.54) is 23.1 Å². The number of nitrogens with zero attached hydrogens (tertiary/aromatic N) is 2. The van der Waals surface area contributed by atoms with Gasteiger partial charge in [0.2, 0.25) is 11.8 Å². The molecule has 4 aromatic carbocycles. The lowest BCUT2D eigenvalue weighted by atomic mass is 10.0. The molecule has 0 bridgehead atoms. The fourth-order valence-electron chi connectivity index (χ4n) is 4.93. The number of nitrogens with one attached hydrogen (secondary N) is 1. The summed E-state index contributed by atoms with van der Waals surface area (Å²) in [7, 11) is -4.31. The minimum Gasteiger partial charge on any atom is -0.354 e. The smallest absolute Gasteiger partial charge is 0.264 e. The molecule has 242 valence electrons. The van der Waals surface area contributed by atoms with Crippen LogP contribution in [0.15, 0.2) is 106 Å². The summed E-state index contributed by atoms with van der Waals surface area (Å²) in [6.45, 7) is 3.76. The van der Waals surface area contributed by atoms with E-state index in [-0.39, 0.29) is 39.5 Å². The summed E-state index contributed by atoms with van der Waals surface area (Å²) in [6.07, 6.45) is 1.89. The highest BCUT2D eigenvalue weighted by molar-refractivity contribution is 9.10. The lowest BCUT2D eigenvalue weighted by molar-refractivity contribution is -0.140. The maximum Gasteiger partial charge on any atom is 0.264 e. The van der Waals surface area contributed by atoms with Gasteiger partial charge in [0.25, 0.3) is 10.0 Å². The third-order valence-corrected chi connectivity index (χ3v) is 10.5. The Balaban J connectivity index is 1.82. The zero-order valence-corrected chi connectivity index (χ0v) is 29.5. The average Bonchev–Trinajstić information content (AvgIpc) is 3.03. The van der Waals surface area contributed by atoms with Crippen molar-refractivity contribution in [1.82, 2.24) is 10.2 Å². The number of carbonyl (C=O) groups is 2. The van der Waals surface area contributed by atoms with Crippen molar-refractivity contribution in [3.8, 4) is 0 Å². The van der Waals surface area contributed by atoms with Gasteiger partial charge in [0.1, 0.15) is 12.6 Å². The van der Waals surface area contributed by atoms with Crippen LogP contribution in [0.2, 0.25) is 10.0 Å². The second-order valence-electron chi connectivity index (χ2n) is 10.9. The molecule has 0 saturated carbocycles. The molecule has 0 aliphatic heterocycles. The first-order chi connectivity index (χ1) is 22.0. The zero-order valence-electron chi connectivity index (χ0n) is 25.6. The van der Waals surface area contributed by atoms with Gasteiger partial charge in [-0.2, -0.15) is 0 Å². The maximum absolute atomic E-state index is 14.6. The summed E-state index contributed by atoms with van der Waals surface area (Å²) < 4.78 is 30.2. The Labute approximate surface area is 289 Å². The zero-order chi connectivity index (χ0) is 33.3. The van der Waals surface area contributed by atoms with Gasteiger partial charge >= 0.3 is 0 Å². The normalized spacial score (nSPS) is 11.9. The number of hydrogen-bond acceptors (Lipinski definition) is 4. The quantitative estimate of drug-likeness (QED) is 0.134. The van der Waals surface area contributed by atoms with E-state index in [9.17, 15) is 18.0 Å². The molecule has 4 aromatic rings. The number of anilines is 1. The number of halogens is 3. The van der Waals surface area contributed by atoms with Crippen LogP contribution in [0.3, 0.4) is 0 Å². The summed E-state index contributed by atoms with van der Waals surface area (Å²) in [5.74, 6) is -0.910. The molecule has 46 heavy (non-hydrogen) atoms. The molecule has 0 aliphatic carbocycles. The van der Waals surface area contributed by atoms with Crippen molar-refractivity contribution in [2.75, 3.05) is 17.4 Å². The van der Waals surface area contributed by atoms with Crippen LogP contribution in [-0.2, 0) is 32.6 Å². The molecule has 0 aliphatic rings. The first-order valence-electron chi connectivity index (χ1n) is 14.9. The highest BCUT2D eigenvalue weighted by Crippen LogP contribution is 2.35. The fourth-order valence-corrected chi connectivity index (χ4v) is 7.25. The van der Waals surface area contributed by atoms with Gasteiger partial charge in [0.05, 0.1) is 20.6 Å². The first-order valence-corrected chi connectivity index (χ1v) is 17.9. The van der Waals surface area contributed by atoms with Crippen LogP contribution in [0.5, 0.6) is 0 Å². The number of amides is 2. The molecule has 1 atom stereocenters. The number of carbonyl (C=O) groups excluding carboxylic acids is 2. The number of benzene rings is 4. The fraction of sp³-hybridized carbons (Fsp3) is 0.257. The third-order valence-electron chi connectivity index (χ3n) is 7.43. The largest absolute Gasteiger partial charge is 0.354 e. The van der Waals surface area contributed by atoms with Gasteiger partial charge in [-0.15, -0.1) is 0 Å². The SMILES string of the molecule is CCCCNC(=O)C(Cc1ccccc1)N(Cc1cccc(Br)c1)C(=O)CN(c1cccc(Cl)c1Cl)S(=O)(=O)c1ccc(C)cc1. The monoisotopic (exact) mass is 743 g/mol. The first kappa shape index (κ1) is 35.5. The van der Waals surface area contributed by atoms with Gasteiger partial charge < -0.3 is 10.2 Å². The Morgan fingerprint density at radius 3 is 2.24 bits per heavy atom. The van der Waals surface area contributed by atoms with E-state index in [0.29, 0.717) is 6.54 Å². The van der Waals surface area contributed by atoms with Crippen LogP contribution in [0.1, 0.15) is 36.5 Å². The number of rotatable bonds is 14. The standard InChI is InChI=1S/C35H36BrCl2N3O4S/c1-3-4-20-39-35(43)32(22-26-10-6-5-7-11-26)40(23-27-12-8-13-28(36)21-27)33(42)24-41(31-15-9-14-30(37)34(31)38)46(44,45)29-18-16-25(2)17-19-29/h5-19,21,32H,3-4,20,22-24H2,1-2H3,(H,39,43). The van der Waals surface area contributed by atoms with E-state index in [1.807, 2.05) is 68.4 Å². The third kappa shape index (κ3) is 9.12. The van der Waals surface area contributed by atoms with Crippen LogP contribution in [0.4, 0.5) is 5.69 Å². The number of aryl methyl sites for hydroxylation is 1. The van der Waals surface area contributed by atoms with Crippen LogP contribution in [0.25, 0.3) is 0 Å². The second-order valence-corrected chi connectivity index (χ2v) is 14.5. The highest BCUT2D eigenvalue weighted by Gasteiger charge is 2.35. The molecule has 2 amide bonds. The Morgan fingerprint density at radius 1 is 0.891 bits per heavy atom. The van der Waals surface area contributed by atoms with Crippen molar-refractivity contribution >= 4 is 66.7 Å². The van der Waals surface area contributed by atoms with Gasteiger partial charge in [-0.3, -0.25) is 13.9 Å². The molecule has 11 heteroatoms. The lowest BCUT2D eigenvalue weighted by Gasteiger charge is -2.34. The van der Waals surface area contributed by atoms with Gasteiger partial charge in [-0.1, -0.05) is 119 Å². The Morgan fingerprint density at radius 2 is 1.57 bits per heavy atom. The van der Waals surface area contributed by atoms with Crippen molar-refractivity contribution in [1.29, 1.82) is 0 Å². The highest BCUT2D eigenvalue weighted by atomic mass is 79.9. The van der Waals surface area contributed by atoms with Gasteiger partial charge in [-0.05, 0) is 60.9 Å². The molecule has 4 rings (SSSR count). The van der Waals surface area contributed by atoms with E-state index in [4.69, 9.17) is 23.2 Å². The number of sulfonamides is 1. The van der Waals surface area contributed by atoms with Crippen molar-refractivity contribution in [3.05, 3.63) is 128 Å². The molecular weight excluding hydrogens is 709 g/mol. The summed E-state index contributed by atoms with van der Waals surface area (Å²) >= 11 is 16.4. The summed E-state index contributed by atoms with van der Waals surface area (Å²) in [5.41, 5.74) is 2.54. The molecule has 0 saturated heterocycles. The van der Waals surface area contributed by atoms with Gasteiger partial charge in [0.15, 0.2) is 0 Å². The van der Waals surface area contributed by atoms with E-state index < -0.39 is 28.5 Å². The second kappa shape index (κ2) is 16.5. The molecule has 1 unspecified atom stereocenters. The van der Waals surface area contributed by atoms with Crippen LogP contribution in [0, 0.1) is 6.92 Å². The number of hydrogen-bond donors (Lipinski definition) is 1. The summed E-state index contributed by atoms with van der Waals surface area (Å²) in [4.78, 5) is 29.8. The molecule has 0 radical (unpaired) electrons. The van der Waals surface area contributed by atoms with Gasteiger partial charge in [0, 0.05) is 24.0 Å². The molecule has 0 spiro atoms. The Kier molecular flexibility index (Phi) is 12.7. The topological polar surface area (TPSA) is 86.8 Å². The van der Waals surface area contributed by atoms with Gasteiger partial charge in [-0.25, -0.2) is 8.42 Å². The van der Waals surface area contributed by atoms with E-state index >= 15 is 0 Å². The van der Waals surface area contributed by atoms with Crippen LogP contribution in [-0.4, -0.2) is 44.3 Å². The van der Waals surface area contributed by atoms with Crippen molar-refractivity contribution in [2.24, 2.45) is 0 Å². The molecule has 0 aromatic heterocycles. The van der Waals surface area contributed by atoms with Crippen molar-refractivity contribution < 1.29 is 18.0 Å². The predicted octanol–water partition coefficient (Wildman–Crippen LogP) is 7.82. The number of unbranched alkanes of at least 4 members (excludes halogenated alkanes) is 1. The maximum atomic E-state index is 14.6. The molecule has 1 N–H and O–H groups in total. The van der Waals surface area contributed by atoms with Crippen molar-refractivity contribution in [3.63, 3.8) is 0 Å². The molecule has 7 nitrogen and oxygen atoms in total. The lowest BCUT2D eigenvalue weighted by Crippen LogP contribution is -2.53. The Hall–Kier alpha value is -3.37. The molecule has 0 heterocycles. The van der Waals surface area contributed by atoms with Crippen molar-refractivity contribution in [2.45, 2.75) is 50.6 Å². The Bertz CT molecular complexity index is 1760. The van der Waals surface area contributed by atoms with Crippen LogP contribution < -0.4 is 9.62 Å². The summed E-state index contributed by atoms with van der Waals surface area (Å²) in [5, 5.41) is 3.11. The van der Waals surface area contributed by atoms with E-state index in [0.717, 1.165) is 38.3 Å².